The van der Waals surface area contributed by atoms with Gasteiger partial charge in [-0.05, 0) is 26.4 Å². The number of rotatable bonds is 2. The van der Waals surface area contributed by atoms with Gasteiger partial charge in [0.2, 0.25) is 5.91 Å². The highest BCUT2D eigenvalue weighted by Crippen LogP contribution is 2.22. The molecule has 6 heteroatoms. The van der Waals surface area contributed by atoms with Crippen molar-refractivity contribution in [3.05, 3.63) is 17.4 Å². The van der Waals surface area contributed by atoms with E-state index in [1.165, 1.54) is 6.20 Å². The molecule has 3 N–H and O–H groups in total. The van der Waals surface area contributed by atoms with Crippen molar-refractivity contribution in [2.45, 2.75) is 18.9 Å². The number of pyridine rings is 1. The maximum Gasteiger partial charge on any atom is 0.241 e. The van der Waals surface area contributed by atoms with Gasteiger partial charge in [-0.1, -0.05) is 11.6 Å². The Bertz CT molecular complexity index is 437. The molecule has 1 saturated heterocycles. The fourth-order valence-electron chi connectivity index (χ4n) is 2.01. The number of nitrogens with zero attached hydrogens (tertiary/aromatic N) is 2. The lowest BCUT2D eigenvalue weighted by atomic mass is 10.2. The third-order valence-electron chi connectivity index (χ3n) is 2.98. The van der Waals surface area contributed by atoms with Gasteiger partial charge in [-0.15, -0.1) is 0 Å². The standard InChI is InChI=1S/C11H15ClN4O/c1-16-4-2-3-9(16)11(17)15-8-5-10(12)14-6-7(8)13/h5-6,9H,2-4,13H2,1H3,(H,14,15,17)/t9-/m1/s1. The predicted octanol–water partition coefficient (Wildman–Crippen LogP) is 1.35. The Morgan fingerprint density at radius 1 is 1.71 bits per heavy atom. The Labute approximate surface area is 105 Å². The molecule has 0 radical (unpaired) electrons. The average molecular weight is 255 g/mol. The van der Waals surface area contributed by atoms with Gasteiger partial charge in [0, 0.05) is 6.07 Å². The summed E-state index contributed by atoms with van der Waals surface area (Å²) in [5, 5.41) is 3.11. The van der Waals surface area contributed by atoms with Crippen molar-refractivity contribution in [1.82, 2.24) is 9.88 Å². The Morgan fingerprint density at radius 2 is 2.47 bits per heavy atom. The first-order valence-electron chi connectivity index (χ1n) is 5.50. The third-order valence-corrected chi connectivity index (χ3v) is 3.19. The number of likely N-dealkylation sites (N-methyl/N-ethyl adjacent to an activating group) is 1. The zero-order valence-corrected chi connectivity index (χ0v) is 10.4. The maximum atomic E-state index is 12.0. The van der Waals surface area contributed by atoms with E-state index in [4.69, 9.17) is 17.3 Å². The minimum absolute atomic E-state index is 0.0426. The van der Waals surface area contributed by atoms with Gasteiger partial charge in [-0.2, -0.15) is 0 Å². The molecule has 92 valence electrons. The smallest absolute Gasteiger partial charge is 0.241 e. The van der Waals surface area contributed by atoms with E-state index in [9.17, 15) is 4.79 Å². The molecule has 0 aliphatic carbocycles. The van der Waals surface area contributed by atoms with Gasteiger partial charge in [-0.25, -0.2) is 4.98 Å². The number of likely N-dealkylation sites (tertiary alicyclic amines) is 1. The molecule has 1 aliphatic heterocycles. The Hall–Kier alpha value is -1.33. The number of nitrogens with two attached hydrogens (primary N) is 1. The fraction of sp³-hybridized carbons (Fsp3) is 0.455. The molecular formula is C11H15ClN4O. The summed E-state index contributed by atoms with van der Waals surface area (Å²) in [7, 11) is 1.94. The fourth-order valence-corrected chi connectivity index (χ4v) is 2.16. The number of amides is 1. The summed E-state index contributed by atoms with van der Waals surface area (Å²) in [6.07, 6.45) is 3.36. The van der Waals surface area contributed by atoms with Crippen molar-refractivity contribution in [1.29, 1.82) is 0 Å². The van der Waals surface area contributed by atoms with Gasteiger partial charge in [0.15, 0.2) is 0 Å². The Morgan fingerprint density at radius 3 is 3.12 bits per heavy atom. The lowest BCUT2D eigenvalue weighted by molar-refractivity contribution is -0.119. The Balaban J connectivity index is 2.10. The molecule has 1 amide bonds. The number of hydrogen-bond acceptors (Lipinski definition) is 4. The summed E-state index contributed by atoms with van der Waals surface area (Å²) in [6.45, 7) is 0.949. The molecule has 1 aromatic heterocycles. The maximum absolute atomic E-state index is 12.0. The minimum atomic E-state index is -0.0821. The summed E-state index contributed by atoms with van der Waals surface area (Å²) < 4.78 is 0. The lowest BCUT2D eigenvalue weighted by Crippen LogP contribution is -2.37. The van der Waals surface area contributed by atoms with E-state index in [2.05, 4.69) is 10.3 Å². The zero-order chi connectivity index (χ0) is 12.4. The first-order chi connectivity index (χ1) is 8.08. The van der Waals surface area contributed by atoms with Crippen molar-refractivity contribution in [3.63, 3.8) is 0 Å². The average Bonchev–Trinajstić information content (AvgIpc) is 2.70. The van der Waals surface area contributed by atoms with Crippen LogP contribution in [-0.4, -0.2) is 35.4 Å². The number of carbonyl (C=O) groups is 1. The molecule has 1 atom stereocenters. The highest BCUT2D eigenvalue weighted by molar-refractivity contribution is 6.29. The highest BCUT2D eigenvalue weighted by Gasteiger charge is 2.27. The molecule has 0 aromatic carbocycles. The van der Waals surface area contributed by atoms with Crippen LogP contribution in [0, 0.1) is 0 Å². The van der Waals surface area contributed by atoms with E-state index >= 15 is 0 Å². The van der Waals surface area contributed by atoms with Crippen LogP contribution in [0.5, 0.6) is 0 Å². The van der Waals surface area contributed by atoms with Gasteiger partial charge in [-0.3, -0.25) is 9.69 Å². The molecule has 1 aliphatic rings. The number of carbonyl (C=O) groups excluding carboxylic acids is 1. The topological polar surface area (TPSA) is 71.2 Å². The molecule has 1 fully saturated rings. The second-order valence-corrected chi connectivity index (χ2v) is 4.61. The van der Waals surface area contributed by atoms with Gasteiger partial charge in [0.05, 0.1) is 23.6 Å². The van der Waals surface area contributed by atoms with Gasteiger partial charge < -0.3 is 11.1 Å². The van der Waals surface area contributed by atoms with Crippen molar-refractivity contribution >= 4 is 28.9 Å². The molecule has 0 spiro atoms. The van der Waals surface area contributed by atoms with E-state index in [-0.39, 0.29) is 11.9 Å². The van der Waals surface area contributed by atoms with E-state index in [0.29, 0.717) is 16.5 Å². The van der Waals surface area contributed by atoms with E-state index in [0.717, 1.165) is 19.4 Å². The number of halogens is 1. The number of nitrogens with one attached hydrogen (secondary N) is 1. The molecule has 0 saturated carbocycles. The van der Waals surface area contributed by atoms with Crippen LogP contribution in [-0.2, 0) is 4.79 Å². The second-order valence-electron chi connectivity index (χ2n) is 4.22. The van der Waals surface area contributed by atoms with Crippen molar-refractivity contribution in [3.8, 4) is 0 Å². The second kappa shape index (κ2) is 4.89. The van der Waals surface area contributed by atoms with Gasteiger partial charge in [0.1, 0.15) is 5.15 Å². The molecule has 0 unspecified atom stereocenters. The normalized spacial score (nSPS) is 20.5. The van der Waals surface area contributed by atoms with Crippen molar-refractivity contribution in [2.24, 2.45) is 0 Å². The van der Waals surface area contributed by atoms with Crippen molar-refractivity contribution in [2.75, 3.05) is 24.6 Å². The summed E-state index contributed by atoms with van der Waals surface area (Å²) in [4.78, 5) is 17.9. The highest BCUT2D eigenvalue weighted by atomic mass is 35.5. The molecule has 17 heavy (non-hydrogen) atoms. The first kappa shape index (κ1) is 12.1. The molecule has 2 rings (SSSR count). The van der Waals surface area contributed by atoms with Crippen LogP contribution in [0.2, 0.25) is 5.15 Å². The van der Waals surface area contributed by atoms with Crippen LogP contribution >= 0.6 is 11.6 Å². The van der Waals surface area contributed by atoms with Crippen LogP contribution in [0.1, 0.15) is 12.8 Å². The summed E-state index contributed by atoms with van der Waals surface area (Å²) in [6, 6.07) is 1.48. The lowest BCUT2D eigenvalue weighted by Gasteiger charge is -2.19. The monoisotopic (exact) mass is 254 g/mol. The van der Waals surface area contributed by atoms with E-state index in [1.807, 2.05) is 11.9 Å². The number of nitrogen functional groups attached to an aromatic ring is 1. The number of aromatic nitrogens is 1. The van der Waals surface area contributed by atoms with Crippen molar-refractivity contribution < 1.29 is 4.79 Å². The Kier molecular flexibility index (Phi) is 3.49. The van der Waals surface area contributed by atoms with Gasteiger partial charge >= 0.3 is 0 Å². The SMILES string of the molecule is CN1CCC[C@@H]1C(=O)Nc1cc(Cl)ncc1N. The van der Waals surface area contributed by atoms with Crippen LogP contribution in [0.15, 0.2) is 12.3 Å². The largest absolute Gasteiger partial charge is 0.396 e. The molecule has 5 nitrogen and oxygen atoms in total. The number of anilines is 2. The minimum Gasteiger partial charge on any atom is -0.396 e. The third kappa shape index (κ3) is 2.68. The van der Waals surface area contributed by atoms with Gasteiger partial charge in [0.25, 0.3) is 0 Å². The van der Waals surface area contributed by atoms with Crippen LogP contribution in [0.3, 0.4) is 0 Å². The summed E-state index contributed by atoms with van der Waals surface area (Å²) in [5.74, 6) is -0.0426. The molecule has 2 heterocycles. The molecule has 0 bridgehead atoms. The van der Waals surface area contributed by atoms with Crippen LogP contribution < -0.4 is 11.1 Å². The molecular weight excluding hydrogens is 240 g/mol. The van der Waals surface area contributed by atoms with E-state index in [1.54, 1.807) is 6.07 Å². The first-order valence-corrected chi connectivity index (χ1v) is 5.88. The summed E-state index contributed by atoms with van der Waals surface area (Å²) >= 11 is 5.76. The quantitative estimate of drug-likeness (QED) is 0.782. The number of hydrogen-bond donors (Lipinski definition) is 2. The summed E-state index contributed by atoms with van der Waals surface area (Å²) in [5.41, 5.74) is 6.66. The van der Waals surface area contributed by atoms with E-state index < -0.39 is 0 Å². The zero-order valence-electron chi connectivity index (χ0n) is 9.61. The molecule has 1 aromatic rings. The predicted molar refractivity (Wildman–Crippen MR) is 67.9 cm³/mol. The van der Waals surface area contributed by atoms with Crippen LogP contribution in [0.25, 0.3) is 0 Å². The van der Waals surface area contributed by atoms with Crippen LogP contribution in [0.4, 0.5) is 11.4 Å².